The molecule has 2 aliphatic rings. The van der Waals surface area contributed by atoms with E-state index in [1.54, 1.807) is 29.9 Å². The van der Waals surface area contributed by atoms with Crippen LogP contribution < -0.4 is 10.9 Å². The number of nitrogens with one attached hydrogen (secondary N) is 1. The highest BCUT2D eigenvalue weighted by Crippen LogP contribution is 2.39. The van der Waals surface area contributed by atoms with Gasteiger partial charge in [-0.1, -0.05) is 11.8 Å². The van der Waals surface area contributed by atoms with E-state index in [0.717, 1.165) is 42.3 Å². The van der Waals surface area contributed by atoms with Crippen molar-refractivity contribution in [3.63, 3.8) is 0 Å². The molecule has 27 heavy (non-hydrogen) atoms. The molecule has 0 saturated heterocycles. The number of carbonyl (C=O) groups is 1. The van der Waals surface area contributed by atoms with Crippen LogP contribution in [0.1, 0.15) is 43.0 Å². The van der Waals surface area contributed by atoms with Crippen LogP contribution in [0.4, 0.5) is 0 Å². The van der Waals surface area contributed by atoms with Crippen LogP contribution in [0.3, 0.4) is 0 Å². The number of fused-ring (bicyclic) bond motifs is 3. The van der Waals surface area contributed by atoms with E-state index in [0.29, 0.717) is 5.16 Å². The van der Waals surface area contributed by atoms with Crippen molar-refractivity contribution in [2.24, 2.45) is 13.0 Å². The highest BCUT2D eigenvalue weighted by atomic mass is 32.2. The van der Waals surface area contributed by atoms with Crippen molar-refractivity contribution in [3.8, 4) is 6.07 Å². The second kappa shape index (κ2) is 6.95. The first-order valence-electron chi connectivity index (χ1n) is 9.29. The Labute approximate surface area is 166 Å². The van der Waals surface area contributed by atoms with Crippen LogP contribution in [0, 0.1) is 17.2 Å². The van der Waals surface area contributed by atoms with Gasteiger partial charge in [0.2, 0.25) is 5.91 Å². The normalized spacial score (nSPS) is 18.6. The Morgan fingerprint density at radius 3 is 2.89 bits per heavy atom. The Hall–Kier alpha value is -1.85. The number of hydrogen-bond donors (Lipinski definition) is 1. The maximum absolute atomic E-state index is 12.9. The predicted molar refractivity (Wildman–Crippen MR) is 107 cm³/mol. The SMILES string of the molecule is Cn1c(SCC(=O)N[C@](C)(C#N)C2CC2)nc2sc3c(c2c1=O)CCCC3. The van der Waals surface area contributed by atoms with Gasteiger partial charge >= 0.3 is 0 Å². The van der Waals surface area contributed by atoms with Crippen molar-refractivity contribution < 1.29 is 4.79 Å². The lowest BCUT2D eigenvalue weighted by molar-refractivity contribution is -0.119. The minimum Gasteiger partial charge on any atom is -0.337 e. The van der Waals surface area contributed by atoms with Gasteiger partial charge in [0.25, 0.3) is 5.56 Å². The fourth-order valence-electron chi connectivity index (χ4n) is 3.73. The summed E-state index contributed by atoms with van der Waals surface area (Å²) >= 11 is 2.87. The van der Waals surface area contributed by atoms with Crippen LogP contribution >= 0.6 is 23.1 Å². The molecule has 8 heteroatoms. The number of aromatic nitrogens is 2. The lowest BCUT2D eigenvalue weighted by atomic mass is 9.97. The summed E-state index contributed by atoms with van der Waals surface area (Å²) in [5.41, 5.74) is 0.355. The van der Waals surface area contributed by atoms with E-state index in [1.165, 1.54) is 28.6 Å². The molecule has 142 valence electrons. The van der Waals surface area contributed by atoms with Crippen LogP contribution in [-0.2, 0) is 24.7 Å². The van der Waals surface area contributed by atoms with Gasteiger partial charge in [-0.3, -0.25) is 14.2 Å². The van der Waals surface area contributed by atoms with E-state index in [1.807, 2.05) is 0 Å². The number of aryl methyl sites for hydroxylation is 2. The summed E-state index contributed by atoms with van der Waals surface area (Å²) in [6.07, 6.45) is 6.23. The molecule has 2 aliphatic carbocycles. The highest BCUT2D eigenvalue weighted by molar-refractivity contribution is 7.99. The van der Waals surface area contributed by atoms with Gasteiger partial charge in [0.1, 0.15) is 10.4 Å². The van der Waals surface area contributed by atoms with Gasteiger partial charge in [-0.2, -0.15) is 5.26 Å². The molecule has 0 aromatic carbocycles. The van der Waals surface area contributed by atoms with Crippen molar-refractivity contribution >= 4 is 39.2 Å². The molecule has 1 saturated carbocycles. The number of thiophene rings is 1. The molecule has 6 nitrogen and oxygen atoms in total. The molecule has 2 aromatic rings. The molecule has 0 radical (unpaired) electrons. The van der Waals surface area contributed by atoms with E-state index in [4.69, 9.17) is 0 Å². The number of nitriles is 1. The largest absolute Gasteiger partial charge is 0.337 e. The quantitative estimate of drug-likeness (QED) is 0.614. The van der Waals surface area contributed by atoms with Crippen LogP contribution in [0.2, 0.25) is 0 Å². The number of amides is 1. The molecule has 0 unspecified atom stereocenters. The van der Waals surface area contributed by atoms with Crippen LogP contribution in [0.5, 0.6) is 0 Å². The molecule has 1 fully saturated rings. The molecule has 1 amide bonds. The number of nitrogens with zero attached hydrogens (tertiary/aromatic N) is 3. The molecular weight excluding hydrogens is 380 g/mol. The first kappa shape index (κ1) is 18.5. The van der Waals surface area contributed by atoms with Gasteiger partial charge in [0.15, 0.2) is 5.16 Å². The monoisotopic (exact) mass is 402 g/mol. The second-order valence-electron chi connectivity index (χ2n) is 7.57. The van der Waals surface area contributed by atoms with Crippen LogP contribution in [-0.4, -0.2) is 26.8 Å². The summed E-state index contributed by atoms with van der Waals surface area (Å²) in [7, 11) is 1.71. The summed E-state index contributed by atoms with van der Waals surface area (Å²) in [6.45, 7) is 1.78. The fourth-order valence-corrected chi connectivity index (χ4v) is 5.81. The maximum Gasteiger partial charge on any atom is 0.262 e. The van der Waals surface area contributed by atoms with Gasteiger partial charge in [0, 0.05) is 11.9 Å². The minimum atomic E-state index is -0.798. The fraction of sp³-hybridized carbons (Fsp3) is 0.579. The Morgan fingerprint density at radius 2 is 2.19 bits per heavy atom. The summed E-state index contributed by atoms with van der Waals surface area (Å²) in [5.74, 6) is 0.185. The zero-order valence-corrected chi connectivity index (χ0v) is 17.1. The van der Waals surface area contributed by atoms with Crippen molar-refractivity contribution in [2.45, 2.75) is 56.1 Å². The molecule has 0 bridgehead atoms. The van der Waals surface area contributed by atoms with E-state index >= 15 is 0 Å². The summed E-state index contributed by atoms with van der Waals surface area (Å²) in [5, 5.41) is 13.5. The molecule has 0 spiro atoms. The zero-order chi connectivity index (χ0) is 19.2. The van der Waals surface area contributed by atoms with Crippen molar-refractivity contribution in [1.29, 1.82) is 5.26 Å². The average Bonchev–Trinajstić information content (AvgIpc) is 3.45. The summed E-state index contributed by atoms with van der Waals surface area (Å²) in [6, 6.07) is 2.23. The first-order chi connectivity index (χ1) is 12.9. The molecule has 1 atom stereocenters. The standard InChI is InChI=1S/C19H22N4O2S2/c1-19(10-20,11-7-8-11)22-14(24)9-26-18-21-16-15(17(25)23(18)2)12-5-3-4-6-13(12)27-16/h11H,3-9H2,1-2H3,(H,22,24)/t19-/m1/s1. The second-order valence-corrected chi connectivity index (χ2v) is 9.60. The van der Waals surface area contributed by atoms with Gasteiger partial charge < -0.3 is 5.32 Å². The lowest BCUT2D eigenvalue weighted by Gasteiger charge is -2.22. The van der Waals surface area contributed by atoms with E-state index in [2.05, 4.69) is 16.4 Å². The molecule has 2 aromatic heterocycles. The van der Waals surface area contributed by atoms with Gasteiger partial charge in [0.05, 0.1) is 17.2 Å². The molecule has 1 N–H and O–H groups in total. The van der Waals surface area contributed by atoms with Crippen LogP contribution in [0.25, 0.3) is 10.2 Å². The van der Waals surface area contributed by atoms with Crippen LogP contribution in [0.15, 0.2) is 9.95 Å². The van der Waals surface area contributed by atoms with Crippen molar-refractivity contribution in [2.75, 3.05) is 5.75 Å². The van der Waals surface area contributed by atoms with Crippen molar-refractivity contribution in [3.05, 3.63) is 20.8 Å². The Balaban J connectivity index is 1.54. The minimum absolute atomic E-state index is 0.0258. The van der Waals surface area contributed by atoms with Gasteiger partial charge in [-0.15, -0.1) is 11.3 Å². The van der Waals surface area contributed by atoms with Gasteiger partial charge in [-0.05, 0) is 56.9 Å². The first-order valence-corrected chi connectivity index (χ1v) is 11.1. The van der Waals surface area contributed by atoms with Gasteiger partial charge in [-0.25, -0.2) is 4.98 Å². The number of rotatable bonds is 5. The maximum atomic E-state index is 12.9. The predicted octanol–water partition coefficient (Wildman–Crippen LogP) is 2.77. The van der Waals surface area contributed by atoms with E-state index in [9.17, 15) is 14.9 Å². The number of carbonyl (C=O) groups excluding carboxylic acids is 1. The Kier molecular flexibility index (Phi) is 4.77. The highest BCUT2D eigenvalue weighted by Gasteiger charge is 2.43. The third-order valence-corrected chi connectivity index (χ3v) is 7.73. The molecular formula is C19H22N4O2S2. The third kappa shape index (κ3) is 3.39. The number of hydrogen-bond acceptors (Lipinski definition) is 6. The van der Waals surface area contributed by atoms with E-state index in [-0.39, 0.29) is 23.1 Å². The lowest BCUT2D eigenvalue weighted by Crippen LogP contribution is -2.47. The number of thioether (sulfide) groups is 1. The zero-order valence-electron chi connectivity index (χ0n) is 15.5. The Morgan fingerprint density at radius 1 is 1.44 bits per heavy atom. The average molecular weight is 403 g/mol. The van der Waals surface area contributed by atoms with Crippen molar-refractivity contribution in [1.82, 2.24) is 14.9 Å². The smallest absolute Gasteiger partial charge is 0.262 e. The Bertz CT molecular complexity index is 1020. The molecule has 2 heterocycles. The third-order valence-electron chi connectivity index (χ3n) is 5.51. The molecule has 4 rings (SSSR count). The summed E-state index contributed by atoms with van der Waals surface area (Å²) in [4.78, 5) is 32.0. The topological polar surface area (TPSA) is 87.8 Å². The summed E-state index contributed by atoms with van der Waals surface area (Å²) < 4.78 is 1.55. The molecule has 0 aliphatic heterocycles. The van der Waals surface area contributed by atoms with E-state index < -0.39 is 5.54 Å².